The highest BCUT2D eigenvalue weighted by atomic mass is 32.1. The minimum Gasteiger partial charge on any atom is -0.497 e. The number of carbonyl (C=O) groups is 1. The van der Waals surface area contributed by atoms with Crippen LogP contribution >= 0.6 is 11.3 Å². The molecule has 1 heterocycles. The fourth-order valence-electron chi connectivity index (χ4n) is 5.22. The molecule has 1 fully saturated rings. The van der Waals surface area contributed by atoms with Crippen molar-refractivity contribution < 1.29 is 18.7 Å². The Morgan fingerprint density at radius 1 is 1.14 bits per heavy atom. The zero-order chi connectivity index (χ0) is 25.6. The quantitative estimate of drug-likeness (QED) is 0.240. The Balaban J connectivity index is 1.35. The molecular weight excluding hydrogens is 485 g/mol. The number of ether oxygens (including phenoxy) is 2. The number of allylic oxidation sites excluding steroid dienone is 1. The summed E-state index contributed by atoms with van der Waals surface area (Å²) in [7, 11) is 1.61. The Bertz CT molecular complexity index is 1520. The van der Waals surface area contributed by atoms with E-state index in [-0.39, 0.29) is 18.4 Å². The molecule has 0 amide bonds. The molecule has 0 bridgehead atoms. The number of hydrogen-bond donors (Lipinski definition) is 0. The van der Waals surface area contributed by atoms with Crippen LogP contribution in [0.3, 0.4) is 0 Å². The van der Waals surface area contributed by atoms with E-state index in [0.717, 1.165) is 28.0 Å². The molecule has 6 rings (SSSR count). The number of fused-ring (bicyclic) bond motifs is 1. The van der Waals surface area contributed by atoms with Crippen LogP contribution in [0.1, 0.15) is 58.9 Å². The molecule has 6 heteroatoms. The average molecular weight is 514 g/mol. The fraction of sp³-hybridized carbons (Fsp3) is 0.290. The van der Waals surface area contributed by atoms with Crippen molar-refractivity contribution in [3.63, 3.8) is 0 Å². The molecule has 37 heavy (non-hydrogen) atoms. The monoisotopic (exact) mass is 513 g/mol. The van der Waals surface area contributed by atoms with E-state index in [1.807, 2.05) is 36.4 Å². The van der Waals surface area contributed by atoms with Crippen LogP contribution < -0.4 is 4.74 Å². The minimum absolute atomic E-state index is 0.138. The Hall–Kier alpha value is -3.51. The van der Waals surface area contributed by atoms with Crippen molar-refractivity contribution in [2.75, 3.05) is 7.11 Å². The Labute approximate surface area is 219 Å². The molecule has 1 aromatic heterocycles. The lowest BCUT2D eigenvalue weighted by Gasteiger charge is -2.27. The molecule has 0 N–H and O–H groups in total. The maximum absolute atomic E-state index is 14.7. The highest BCUT2D eigenvalue weighted by molar-refractivity contribution is 7.18. The van der Waals surface area contributed by atoms with E-state index in [2.05, 4.69) is 18.2 Å². The molecule has 2 aliphatic rings. The number of halogens is 1. The zero-order valence-electron chi connectivity index (χ0n) is 20.9. The van der Waals surface area contributed by atoms with Crippen LogP contribution in [-0.2, 0) is 21.6 Å². The number of hydrogen-bond acceptors (Lipinski definition) is 5. The number of methoxy groups -OCH3 is 1. The second kappa shape index (κ2) is 9.42. The van der Waals surface area contributed by atoms with Crippen molar-refractivity contribution in [1.82, 2.24) is 4.98 Å². The largest absolute Gasteiger partial charge is 0.497 e. The van der Waals surface area contributed by atoms with Gasteiger partial charge in [-0.3, -0.25) is 4.79 Å². The maximum Gasteiger partial charge on any atom is 0.320 e. The van der Waals surface area contributed by atoms with E-state index < -0.39 is 5.41 Å². The van der Waals surface area contributed by atoms with Gasteiger partial charge < -0.3 is 9.47 Å². The summed E-state index contributed by atoms with van der Waals surface area (Å²) in [6.45, 7) is 1.87. The van der Waals surface area contributed by atoms with Crippen molar-refractivity contribution in [3.8, 4) is 5.75 Å². The van der Waals surface area contributed by atoms with Gasteiger partial charge in [0.05, 0.1) is 22.3 Å². The SMILES string of the molecule is COc1ccc(COC(=O)[C@]2(c3cccc(F)c3C)C=C(c3ccc4nc(C5CC5)sc4c3)CC2)cc1. The van der Waals surface area contributed by atoms with Gasteiger partial charge in [-0.25, -0.2) is 9.37 Å². The number of nitrogens with zero attached hydrogens (tertiary/aromatic N) is 1. The first-order valence-electron chi connectivity index (χ1n) is 12.7. The summed E-state index contributed by atoms with van der Waals surface area (Å²) in [5.41, 5.74) is 4.15. The van der Waals surface area contributed by atoms with Crippen LogP contribution in [0.15, 0.2) is 66.7 Å². The second-order valence-corrected chi connectivity index (χ2v) is 11.0. The van der Waals surface area contributed by atoms with Gasteiger partial charge in [0.2, 0.25) is 0 Å². The van der Waals surface area contributed by atoms with E-state index >= 15 is 0 Å². The van der Waals surface area contributed by atoms with Crippen LogP contribution in [0.2, 0.25) is 0 Å². The topological polar surface area (TPSA) is 48.4 Å². The van der Waals surface area contributed by atoms with Crippen LogP contribution in [0.25, 0.3) is 15.8 Å². The number of rotatable bonds is 7. The first kappa shape index (κ1) is 23.9. The Kier molecular flexibility index (Phi) is 6.07. The molecule has 0 radical (unpaired) electrons. The summed E-state index contributed by atoms with van der Waals surface area (Å²) >= 11 is 1.77. The number of thiazole rings is 1. The summed E-state index contributed by atoms with van der Waals surface area (Å²) in [4.78, 5) is 18.6. The van der Waals surface area contributed by atoms with Gasteiger partial charge in [-0.1, -0.05) is 36.4 Å². The van der Waals surface area contributed by atoms with Gasteiger partial charge in [0.15, 0.2) is 0 Å². The van der Waals surface area contributed by atoms with E-state index in [4.69, 9.17) is 14.5 Å². The van der Waals surface area contributed by atoms with Crippen molar-refractivity contribution >= 4 is 33.1 Å². The summed E-state index contributed by atoms with van der Waals surface area (Å²) < 4.78 is 26.9. The predicted octanol–water partition coefficient (Wildman–Crippen LogP) is 7.49. The molecule has 2 aliphatic carbocycles. The third-order valence-corrected chi connectivity index (χ3v) is 8.73. The molecule has 3 aromatic carbocycles. The molecular formula is C31H28FNO3S. The first-order valence-corrected chi connectivity index (χ1v) is 13.5. The summed E-state index contributed by atoms with van der Waals surface area (Å²) in [5, 5.41) is 1.22. The van der Waals surface area contributed by atoms with E-state index in [0.29, 0.717) is 29.9 Å². The highest BCUT2D eigenvalue weighted by Gasteiger charge is 2.45. The number of esters is 1. The molecule has 0 unspecified atom stereocenters. The molecule has 4 aromatic rings. The van der Waals surface area contributed by atoms with E-state index in [9.17, 15) is 9.18 Å². The fourth-order valence-corrected chi connectivity index (χ4v) is 6.40. The average Bonchev–Trinajstić information content (AvgIpc) is 3.53. The van der Waals surface area contributed by atoms with Gasteiger partial charge >= 0.3 is 5.97 Å². The zero-order valence-corrected chi connectivity index (χ0v) is 21.7. The van der Waals surface area contributed by atoms with Crippen molar-refractivity contribution in [2.45, 2.75) is 50.5 Å². The molecule has 1 saturated carbocycles. The number of benzene rings is 3. The lowest BCUT2D eigenvalue weighted by Crippen LogP contribution is -2.34. The molecule has 0 aliphatic heterocycles. The minimum atomic E-state index is -1.05. The van der Waals surface area contributed by atoms with Gasteiger partial charge in [-0.05, 0) is 90.8 Å². The van der Waals surface area contributed by atoms with Crippen LogP contribution in [0.4, 0.5) is 4.39 Å². The van der Waals surface area contributed by atoms with Gasteiger partial charge in [-0.15, -0.1) is 11.3 Å². The van der Waals surface area contributed by atoms with Gasteiger partial charge in [0, 0.05) is 5.92 Å². The lowest BCUT2D eigenvalue weighted by molar-refractivity contribution is -0.150. The highest BCUT2D eigenvalue weighted by Crippen LogP contribution is 2.47. The Morgan fingerprint density at radius 2 is 1.95 bits per heavy atom. The smallest absolute Gasteiger partial charge is 0.320 e. The standard InChI is InChI=1S/C31H28FNO3S/c1-19-25(4-3-5-26(19)32)31(30(34)36-18-20-6-11-24(35-2)12-7-20)15-14-23(17-31)22-10-13-27-28(16-22)37-29(33-27)21-8-9-21/h3-7,10-13,16-17,21H,8-9,14-15,18H2,1-2H3/t31-/m0/s1. The summed E-state index contributed by atoms with van der Waals surface area (Å²) in [6.07, 6.45) is 5.70. The lowest BCUT2D eigenvalue weighted by atomic mass is 9.77. The number of carbonyl (C=O) groups excluding carboxylic acids is 1. The third-order valence-electron chi connectivity index (χ3n) is 7.55. The van der Waals surface area contributed by atoms with Crippen molar-refractivity contribution in [3.05, 3.63) is 99.8 Å². The molecule has 4 nitrogen and oxygen atoms in total. The van der Waals surface area contributed by atoms with Crippen molar-refractivity contribution in [1.29, 1.82) is 0 Å². The van der Waals surface area contributed by atoms with E-state index in [1.165, 1.54) is 28.6 Å². The maximum atomic E-state index is 14.7. The molecule has 0 saturated heterocycles. The first-order chi connectivity index (χ1) is 18.0. The predicted molar refractivity (Wildman–Crippen MR) is 144 cm³/mol. The summed E-state index contributed by atoms with van der Waals surface area (Å²) in [5.74, 6) is 0.686. The van der Waals surface area contributed by atoms with Crippen LogP contribution in [0, 0.1) is 12.7 Å². The molecule has 1 atom stereocenters. The van der Waals surface area contributed by atoms with Crippen molar-refractivity contribution in [2.24, 2.45) is 0 Å². The van der Waals surface area contributed by atoms with Gasteiger partial charge in [-0.2, -0.15) is 0 Å². The second-order valence-electron chi connectivity index (χ2n) is 9.99. The molecule has 0 spiro atoms. The normalized spacial score (nSPS) is 19.2. The Morgan fingerprint density at radius 3 is 2.70 bits per heavy atom. The van der Waals surface area contributed by atoms with Crippen LogP contribution in [0.5, 0.6) is 5.75 Å². The van der Waals surface area contributed by atoms with E-state index in [1.54, 1.807) is 31.4 Å². The molecule has 188 valence electrons. The van der Waals surface area contributed by atoms with Gasteiger partial charge in [0.25, 0.3) is 0 Å². The van der Waals surface area contributed by atoms with Gasteiger partial charge in [0.1, 0.15) is 23.6 Å². The third kappa shape index (κ3) is 4.44. The van der Waals surface area contributed by atoms with Crippen LogP contribution in [-0.4, -0.2) is 18.1 Å². The number of aromatic nitrogens is 1. The summed E-state index contributed by atoms with van der Waals surface area (Å²) in [6, 6.07) is 18.7.